The van der Waals surface area contributed by atoms with Crippen LogP contribution in [0.15, 0.2) is 101 Å². The predicted molar refractivity (Wildman–Crippen MR) is 160 cm³/mol. The Balaban J connectivity index is 1.58. The lowest BCUT2D eigenvalue weighted by Gasteiger charge is -2.23. The summed E-state index contributed by atoms with van der Waals surface area (Å²) in [6.45, 7) is 6.19. The number of aliphatic hydroxyl groups is 1. The van der Waals surface area contributed by atoms with Crippen molar-refractivity contribution in [1.82, 2.24) is 10.2 Å². The third-order valence-corrected chi connectivity index (χ3v) is 8.37. The van der Waals surface area contributed by atoms with E-state index in [0.717, 1.165) is 5.56 Å². The van der Waals surface area contributed by atoms with Crippen LogP contribution in [0.4, 0.5) is 5.13 Å². The van der Waals surface area contributed by atoms with Gasteiger partial charge in [0.1, 0.15) is 12.4 Å². The van der Waals surface area contributed by atoms with Gasteiger partial charge in [0.05, 0.1) is 18.2 Å². The minimum atomic E-state index is -0.970. The molecule has 0 bridgehead atoms. The highest BCUT2D eigenvalue weighted by Gasteiger charge is 2.48. The number of anilines is 1. The maximum absolute atomic E-state index is 13.5. The second-order valence-corrected chi connectivity index (χ2v) is 11.1. The van der Waals surface area contributed by atoms with Gasteiger partial charge in [-0.15, -0.1) is 10.2 Å². The Bertz CT molecular complexity index is 1590. The number of ether oxygens (including phenoxy) is 2. The van der Waals surface area contributed by atoms with Crippen molar-refractivity contribution in [3.05, 3.63) is 114 Å². The molecule has 1 aliphatic heterocycles. The lowest BCUT2D eigenvalue weighted by molar-refractivity contribution is -0.132. The maximum Gasteiger partial charge on any atom is 0.301 e. The molecule has 2 heterocycles. The molecule has 5 rings (SSSR count). The second-order valence-electron chi connectivity index (χ2n) is 8.90. The summed E-state index contributed by atoms with van der Waals surface area (Å²) in [6, 6.07) is 22.8. The number of amides is 1. The number of carbonyl (C=O) groups excluding carboxylic acids is 2. The van der Waals surface area contributed by atoms with E-state index in [4.69, 9.17) is 9.47 Å². The number of aromatic nitrogens is 2. The van der Waals surface area contributed by atoms with Crippen molar-refractivity contribution < 1.29 is 24.2 Å². The Morgan fingerprint density at radius 2 is 1.76 bits per heavy atom. The first-order valence-electron chi connectivity index (χ1n) is 12.9. The van der Waals surface area contributed by atoms with Gasteiger partial charge in [0, 0.05) is 11.3 Å². The van der Waals surface area contributed by atoms with Gasteiger partial charge in [-0.3, -0.25) is 14.5 Å². The quantitative estimate of drug-likeness (QED) is 0.0537. The van der Waals surface area contributed by atoms with Gasteiger partial charge < -0.3 is 14.6 Å². The molecule has 1 aliphatic rings. The number of hydrogen-bond donors (Lipinski definition) is 1. The van der Waals surface area contributed by atoms with Crippen molar-refractivity contribution in [3.8, 4) is 11.5 Å². The van der Waals surface area contributed by atoms with Gasteiger partial charge in [-0.1, -0.05) is 102 Å². The molecule has 1 saturated heterocycles. The summed E-state index contributed by atoms with van der Waals surface area (Å²) >= 11 is 2.71. The predicted octanol–water partition coefficient (Wildman–Crippen LogP) is 6.42. The summed E-state index contributed by atoms with van der Waals surface area (Å²) in [5, 5.41) is 20.2. The molecule has 0 aliphatic carbocycles. The first-order chi connectivity index (χ1) is 20.0. The highest BCUT2D eigenvalue weighted by atomic mass is 32.2. The van der Waals surface area contributed by atoms with Gasteiger partial charge in [0.2, 0.25) is 5.13 Å². The van der Waals surface area contributed by atoms with Gasteiger partial charge in [-0.25, -0.2) is 0 Å². The van der Waals surface area contributed by atoms with Crippen LogP contribution in [-0.4, -0.2) is 40.2 Å². The summed E-state index contributed by atoms with van der Waals surface area (Å²) < 4.78 is 12.2. The van der Waals surface area contributed by atoms with Crippen LogP contribution in [0, 0.1) is 0 Å². The highest BCUT2D eigenvalue weighted by molar-refractivity contribution is 8.00. The maximum atomic E-state index is 13.5. The number of nitrogens with zero attached hydrogens (tertiary/aromatic N) is 3. The molecule has 10 heteroatoms. The molecule has 41 heavy (non-hydrogen) atoms. The molecule has 208 valence electrons. The smallest absolute Gasteiger partial charge is 0.301 e. The number of hydrogen-bond acceptors (Lipinski definition) is 9. The Hall–Kier alpha value is -4.41. The van der Waals surface area contributed by atoms with Crippen molar-refractivity contribution in [3.63, 3.8) is 0 Å². The van der Waals surface area contributed by atoms with Crippen LogP contribution in [0.3, 0.4) is 0 Å². The van der Waals surface area contributed by atoms with Crippen molar-refractivity contribution in [2.45, 2.75) is 23.1 Å². The first kappa shape index (κ1) is 28.1. The second kappa shape index (κ2) is 12.8. The van der Waals surface area contributed by atoms with E-state index in [-0.39, 0.29) is 23.1 Å². The lowest BCUT2D eigenvalue weighted by atomic mass is 9.95. The summed E-state index contributed by atoms with van der Waals surface area (Å²) in [5.74, 6) is -0.275. The number of rotatable bonds is 11. The number of carbonyl (C=O) groups is 2. The summed E-state index contributed by atoms with van der Waals surface area (Å²) in [4.78, 5) is 28.3. The number of Topliss-reactive ketones (excluding diaryl/α,β-unsaturated/α-hetero) is 1. The normalized spacial score (nSPS) is 16.1. The van der Waals surface area contributed by atoms with Crippen molar-refractivity contribution in [2.24, 2.45) is 0 Å². The Kier molecular flexibility index (Phi) is 8.81. The minimum absolute atomic E-state index is 0.0444. The first-order valence-corrected chi connectivity index (χ1v) is 14.7. The van der Waals surface area contributed by atoms with E-state index in [1.807, 2.05) is 37.3 Å². The molecule has 8 nitrogen and oxygen atoms in total. The van der Waals surface area contributed by atoms with E-state index >= 15 is 0 Å². The van der Waals surface area contributed by atoms with Gasteiger partial charge in [0.25, 0.3) is 5.78 Å². The molecule has 3 aromatic carbocycles. The zero-order valence-corrected chi connectivity index (χ0v) is 23.9. The summed E-state index contributed by atoms with van der Waals surface area (Å²) in [5.41, 5.74) is 2.05. The minimum Gasteiger partial charge on any atom is -0.507 e. The summed E-state index contributed by atoms with van der Waals surface area (Å²) in [7, 11) is 0. The fraction of sp³-hybridized carbons (Fsp3) is 0.161. The van der Waals surface area contributed by atoms with Crippen LogP contribution in [0.2, 0.25) is 0 Å². The molecule has 1 unspecified atom stereocenters. The van der Waals surface area contributed by atoms with Gasteiger partial charge >= 0.3 is 5.91 Å². The average Bonchev–Trinajstić information content (AvgIpc) is 3.58. The van der Waals surface area contributed by atoms with E-state index in [9.17, 15) is 14.7 Å². The molecule has 0 saturated carbocycles. The third kappa shape index (κ3) is 6.03. The van der Waals surface area contributed by atoms with E-state index in [1.165, 1.54) is 28.0 Å². The third-order valence-electron chi connectivity index (χ3n) is 6.24. The zero-order chi connectivity index (χ0) is 28.8. The molecule has 0 radical (unpaired) electrons. The zero-order valence-electron chi connectivity index (χ0n) is 22.2. The van der Waals surface area contributed by atoms with Crippen molar-refractivity contribution in [1.29, 1.82) is 0 Å². The number of ketones is 1. The van der Waals surface area contributed by atoms with Crippen LogP contribution in [0.25, 0.3) is 5.76 Å². The van der Waals surface area contributed by atoms with E-state index in [2.05, 4.69) is 16.8 Å². The lowest BCUT2D eigenvalue weighted by Crippen LogP contribution is -2.29. The van der Waals surface area contributed by atoms with Gasteiger partial charge in [0.15, 0.2) is 15.8 Å². The van der Waals surface area contributed by atoms with Crippen LogP contribution < -0.4 is 14.4 Å². The number of benzene rings is 3. The topological polar surface area (TPSA) is 102 Å². The van der Waals surface area contributed by atoms with Crippen LogP contribution in [-0.2, 0) is 15.3 Å². The molecule has 1 atom stereocenters. The molecule has 1 N–H and O–H groups in total. The van der Waals surface area contributed by atoms with Crippen molar-refractivity contribution in [2.75, 3.05) is 18.1 Å². The monoisotopic (exact) mass is 585 g/mol. The Labute approximate surface area is 246 Å². The molecular weight excluding hydrogens is 558 g/mol. The number of thioether (sulfide) groups is 1. The standard InChI is InChI=1S/C31H27N3O5S2/c1-3-17-39-23-16-15-22(18-24(23)38-4-2)26-25(27(35)21-13-9-6-10-14-21)28(36)29(37)34(26)30-32-33-31(41-30)40-19-20-11-7-5-8-12-20/h3,5-16,18,26,35H,1,4,17,19H2,2H3. The highest BCUT2D eigenvalue weighted by Crippen LogP contribution is 2.45. The number of aliphatic hydroxyl groups excluding tert-OH is 1. The molecular formula is C31H27N3O5S2. The molecule has 1 aromatic heterocycles. The van der Waals surface area contributed by atoms with Gasteiger partial charge in [-0.05, 0) is 30.2 Å². The Morgan fingerprint density at radius 1 is 1.02 bits per heavy atom. The molecule has 4 aromatic rings. The largest absolute Gasteiger partial charge is 0.507 e. The fourth-order valence-corrected chi connectivity index (χ4v) is 6.23. The van der Waals surface area contributed by atoms with Crippen LogP contribution in [0.5, 0.6) is 11.5 Å². The molecule has 0 spiro atoms. The summed E-state index contributed by atoms with van der Waals surface area (Å²) in [6.07, 6.45) is 1.63. The van der Waals surface area contributed by atoms with Gasteiger partial charge in [-0.2, -0.15) is 0 Å². The van der Waals surface area contributed by atoms with Crippen LogP contribution >= 0.6 is 23.1 Å². The molecule has 1 amide bonds. The van der Waals surface area contributed by atoms with E-state index in [1.54, 1.807) is 54.6 Å². The fourth-order valence-electron chi connectivity index (χ4n) is 4.41. The SMILES string of the molecule is C=CCOc1ccc(C2C(=C(O)c3ccccc3)C(=O)C(=O)N2c2nnc(SCc3ccccc3)s2)cc1OCC. The van der Waals surface area contributed by atoms with E-state index < -0.39 is 17.7 Å². The van der Waals surface area contributed by atoms with E-state index in [0.29, 0.717) is 39.3 Å². The molecule has 1 fully saturated rings. The van der Waals surface area contributed by atoms with Crippen molar-refractivity contribution >= 4 is 45.7 Å². The average molecular weight is 586 g/mol. The Morgan fingerprint density at radius 3 is 2.46 bits per heavy atom. The van der Waals surface area contributed by atoms with Crippen LogP contribution in [0.1, 0.15) is 29.7 Å².